The van der Waals surface area contributed by atoms with E-state index in [1.165, 1.54) is 12.8 Å². The van der Waals surface area contributed by atoms with E-state index in [1.807, 2.05) is 6.92 Å². The molecule has 0 bridgehead atoms. The average Bonchev–Trinajstić information content (AvgIpc) is 3.00. The molecule has 1 atom stereocenters. The Bertz CT molecular complexity index is 193. The summed E-state index contributed by atoms with van der Waals surface area (Å²) in [5, 5.41) is 2.86. The standard InChI is InChI=1S/C11H22N2O2/c1-2-15-7-3-6-13-11(14)8-10(12)9-4-5-9/h9-10H,2-8,12H2,1H3,(H,13,14). The van der Waals surface area contributed by atoms with E-state index in [2.05, 4.69) is 5.32 Å². The largest absolute Gasteiger partial charge is 0.382 e. The predicted octanol–water partition coefficient (Wildman–Crippen LogP) is 0.657. The summed E-state index contributed by atoms with van der Waals surface area (Å²) < 4.78 is 5.17. The molecule has 0 aliphatic heterocycles. The Balaban J connectivity index is 1.93. The Kier molecular flexibility index (Phi) is 5.65. The maximum Gasteiger partial charge on any atom is 0.221 e. The Morgan fingerprint density at radius 2 is 2.33 bits per heavy atom. The highest BCUT2D eigenvalue weighted by atomic mass is 16.5. The van der Waals surface area contributed by atoms with Gasteiger partial charge in [-0.3, -0.25) is 4.79 Å². The molecule has 0 aromatic heterocycles. The molecule has 4 heteroatoms. The third-order valence-corrected chi connectivity index (χ3v) is 2.64. The van der Waals surface area contributed by atoms with Crippen LogP contribution in [0.1, 0.15) is 32.6 Å². The molecule has 1 saturated carbocycles. The van der Waals surface area contributed by atoms with Crippen molar-refractivity contribution in [3.63, 3.8) is 0 Å². The predicted molar refractivity (Wildman–Crippen MR) is 59.4 cm³/mol. The molecule has 3 N–H and O–H groups in total. The molecule has 4 nitrogen and oxygen atoms in total. The van der Waals surface area contributed by atoms with E-state index in [0.717, 1.165) is 13.0 Å². The fraction of sp³-hybridized carbons (Fsp3) is 0.909. The van der Waals surface area contributed by atoms with Gasteiger partial charge in [0.25, 0.3) is 0 Å². The van der Waals surface area contributed by atoms with Crippen molar-refractivity contribution in [2.75, 3.05) is 19.8 Å². The van der Waals surface area contributed by atoms with Gasteiger partial charge in [-0.05, 0) is 32.1 Å². The Morgan fingerprint density at radius 1 is 1.60 bits per heavy atom. The quantitative estimate of drug-likeness (QED) is 0.583. The van der Waals surface area contributed by atoms with Crippen molar-refractivity contribution in [2.24, 2.45) is 11.7 Å². The van der Waals surface area contributed by atoms with Crippen molar-refractivity contribution in [3.8, 4) is 0 Å². The second-order valence-electron chi connectivity index (χ2n) is 4.11. The third kappa shape index (κ3) is 5.74. The molecular weight excluding hydrogens is 192 g/mol. The Morgan fingerprint density at radius 3 is 2.93 bits per heavy atom. The summed E-state index contributed by atoms with van der Waals surface area (Å²) in [4.78, 5) is 11.4. The fourth-order valence-electron chi connectivity index (χ4n) is 1.52. The van der Waals surface area contributed by atoms with E-state index >= 15 is 0 Å². The van der Waals surface area contributed by atoms with Crippen molar-refractivity contribution in [2.45, 2.75) is 38.6 Å². The minimum absolute atomic E-state index is 0.0666. The summed E-state index contributed by atoms with van der Waals surface area (Å²) in [5.74, 6) is 0.671. The average molecular weight is 214 g/mol. The summed E-state index contributed by atoms with van der Waals surface area (Å²) in [6.45, 7) is 4.11. The van der Waals surface area contributed by atoms with E-state index in [4.69, 9.17) is 10.5 Å². The van der Waals surface area contributed by atoms with Crippen LogP contribution in [0, 0.1) is 5.92 Å². The van der Waals surface area contributed by atoms with Crippen molar-refractivity contribution < 1.29 is 9.53 Å². The van der Waals surface area contributed by atoms with Gasteiger partial charge >= 0.3 is 0 Å². The molecule has 1 fully saturated rings. The summed E-state index contributed by atoms with van der Waals surface area (Å²) in [6, 6.07) is 0.0666. The highest BCUT2D eigenvalue weighted by molar-refractivity contribution is 5.76. The molecular formula is C11H22N2O2. The number of amides is 1. The lowest BCUT2D eigenvalue weighted by Crippen LogP contribution is -2.33. The van der Waals surface area contributed by atoms with Gasteiger partial charge in [0.15, 0.2) is 0 Å². The van der Waals surface area contributed by atoms with Crippen LogP contribution in [0.15, 0.2) is 0 Å². The summed E-state index contributed by atoms with van der Waals surface area (Å²) >= 11 is 0. The smallest absolute Gasteiger partial charge is 0.221 e. The molecule has 88 valence electrons. The van der Waals surface area contributed by atoms with Gasteiger partial charge in [-0.1, -0.05) is 0 Å². The first-order valence-corrected chi connectivity index (χ1v) is 5.84. The number of ether oxygens (including phenoxy) is 1. The zero-order chi connectivity index (χ0) is 11.1. The number of carbonyl (C=O) groups is 1. The number of rotatable bonds is 8. The molecule has 0 aromatic rings. The minimum atomic E-state index is 0.0666. The van der Waals surface area contributed by atoms with Crippen LogP contribution in [0.3, 0.4) is 0 Å². The topological polar surface area (TPSA) is 64.3 Å². The van der Waals surface area contributed by atoms with Crippen LogP contribution in [0.5, 0.6) is 0 Å². The minimum Gasteiger partial charge on any atom is -0.382 e. The maximum atomic E-state index is 11.4. The summed E-state index contributed by atoms with van der Waals surface area (Å²) in [7, 11) is 0. The van der Waals surface area contributed by atoms with Crippen LogP contribution >= 0.6 is 0 Å². The fourth-order valence-corrected chi connectivity index (χ4v) is 1.52. The zero-order valence-corrected chi connectivity index (χ0v) is 9.50. The Labute approximate surface area is 91.5 Å². The van der Waals surface area contributed by atoms with E-state index in [1.54, 1.807) is 0 Å². The number of hydrogen-bond acceptors (Lipinski definition) is 3. The highest BCUT2D eigenvalue weighted by Gasteiger charge is 2.29. The SMILES string of the molecule is CCOCCCNC(=O)CC(N)C1CC1. The van der Waals surface area contributed by atoms with E-state index in [0.29, 0.717) is 25.5 Å². The molecule has 1 aliphatic rings. The number of nitrogens with one attached hydrogen (secondary N) is 1. The van der Waals surface area contributed by atoms with Crippen LogP contribution in [0.2, 0.25) is 0 Å². The van der Waals surface area contributed by atoms with Crippen LogP contribution in [0.4, 0.5) is 0 Å². The van der Waals surface area contributed by atoms with Crippen LogP contribution in [-0.2, 0) is 9.53 Å². The molecule has 15 heavy (non-hydrogen) atoms. The van der Waals surface area contributed by atoms with Gasteiger partial charge in [0.1, 0.15) is 0 Å². The third-order valence-electron chi connectivity index (χ3n) is 2.64. The number of nitrogens with two attached hydrogens (primary N) is 1. The van der Waals surface area contributed by atoms with Gasteiger partial charge in [0.05, 0.1) is 0 Å². The molecule has 0 heterocycles. The first-order chi connectivity index (χ1) is 7.24. The number of carbonyl (C=O) groups excluding carboxylic acids is 1. The van der Waals surface area contributed by atoms with Crippen LogP contribution in [0.25, 0.3) is 0 Å². The molecule has 0 radical (unpaired) electrons. The maximum absolute atomic E-state index is 11.4. The van der Waals surface area contributed by atoms with Gasteiger partial charge in [0, 0.05) is 32.2 Å². The van der Waals surface area contributed by atoms with E-state index in [-0.39, 0.29) is 11.9 Å². The van der Waals surface area contributed by atoms with Crippen molar-refractivity contribution in [3.05, 3.63) is 0 Å². The second kappa shape index (κ2) is 6.80. The molecule has 1 rings (SSSR count). The number of hydrogen-bond donors (Lipinski definition) is 2. The molecule has 1 amide bonds. The lowest BCUT2D eigenvalue weighted by atomic mass is 10.1. The van der Waals surface area contributed by atoms with Crippen molar-refractivity contribution in [1.82, 2.24) is 5.32 Å². The van der Waals surface area contributed by atoms with Gasteiger partial charge < -0.3 is 15.8 Å². The van der Waals surface area contributed by atoms with Gasteiger partial charge in [-0.15, -0.1) is 0 Å². The molecule has 0 aromatic carbocycles. The summed E-state index contributed by atoms with van der Waals surface area (Å²) in [5.41, 5.74) is 5.85. The molecule has 0 spiro atoms. The first-order valence-electron chi connectivity index (χ1n) is 5.84. The lowest BCUT2D eigenvalue weighted by molar-refractivity contribution is -0.121. The van der Waals surface area contributed by atoms with Gasteiger partial charge in [-0.2, -0.15) is 0 Å². The molecule has 0 saturated heterocycles. The highest BCUT2D eigenvalue weighted by Crippen LogP contribution is 2.32. The second-order valence-corrected chi connectivity index (χ2v) is 4.11. The van der Waals surface area contributed by atoms with Gasteiger partial charge in [-0.25, -0.2) is 0 Å². The lowest BCUT2D eigenvalue weighted by Gasteiger charge is -2.10. The first kappa shape index (κ1) is 12.5. The normalized spacial score (nSPS) is 17.5. The van der Waals surface area contributed by atoms with Crippen LogP contribution in [-0.4, -0.2) is 31.7 Å². The zero-order valence-electron chi connectivity index (χ0n) is 9.50. The molecule has 1 aliphatic carbocycles. The van der Waals surface area contributed by atoms with Crippen molar-refractivity contribution in [1.29, 1.82) is 0 Å². The van der Waals surface area contributed by atoms with E-state index in [9.17, 15) is 4.79 Å². The van der Waals surface area contributed by atoms with Crippen molar-refractivity contribution >= 4 is 5.91 Å². The van der Waals surface area contributed by atoms with Crippen LogP contribution < -0.4 is 11.1 Å². The summed E-state index contributed by atoms with van der Waals surface area (Å²) in [6.07, 6.45) is 3.73. The Hall–Kier alpha value is -0.610. The van der Waals surface area contributed by atoms with Gasteiger partial charge in [0.2, 0.25) is 5.91 Å². The molecule has 1 unspecified atom stereocenters. The monoisotopic (exact) mass is 214 g/mol. The van der Waals surface area contributed by atoms with E-state index < -0.39 is 0 Å².